The molecule has 1 unspecified atom stereocenters. The number of ether oxygens (including phenoxy) is 1. The highest BCUT2D eigenvalue weighted by Gasteiger charge is 2.33. The number of alkyl halides is 2. The number of aliphatic hydroxyl groups is 1. The molecular weight excluding hydrogens is 204 g/mol. The Bertz CT molecular complexity index is 184. The summed E-state index contributed by atoms with van der Waals surface area (Å²) in [6, 6.07) is 0. The molecule has 1 aliphatic heterocycles. The van der Waals surface area contributed by atoms with Crippen molar-refractivity contribution in [1.29, 1.82) is 0 Å². The smallest absolute Gasteiger partial charge is 0.251 e. The molecule has 1 aliphatic rings. The molecule has 1 saturated heterocycles. The minimum atomic E-state index is -2.32. The predicted molar refractivity (Wildman–Crippen MR) is 53.1 cm³/mol. The van der Waals surface area contributed by atoms with E-state index in [4.69, 9.17) is 4.74 Å². The standard InChI is InChI=1S/C10H19F2NO2/c1-13(5-9(11)12)6-10(7-14)3-2-4-15-8-10/h9,14H,2-8H2,1H3. The molecule has 90 valence electrons. The van der Waals surface area contributed by atoms with Gasteiger partial charge < -0.3 is 14.7 Å². The molecule has 3 nitrogen and oxygen atoms in total. The third-order valence-corrected chi connectivity index (χ3v) is 2.79. The van der Waals surface area contributed by atoms with Gasteiger partial charge in [-0.05, 0) is 19.9 Å². The van der Waals surface area contributed by atoms with Gasteiger partial charge in [0.25, 0.3) is 6.43 Å². The topological polar surface area (TPSA) is 32.7 Å². The van der Waals surface area contributed by atoms with Gasteiger partial charge in [0.15, 0.2) is 0 Å². The molecule has 0 radical (unpaired) electrons. The Morgan fingerprint density at radius 2 is 2.27 bits per heavy atom. The van der Waals surface area contributed by atoms with Crippen molar-refractivity contribution in [3.63, 3.8) is 0 Å². The van der Waals surface area contributed by atoms with Crippen molar-refractivity contribution in [3.05, 3.63) is 0 Å². The largest absolute Gasteiger partial charge is 0.396 e. The van der Waals surface area contributed by atoms with Crippen molar-refractivity contribution in [2.24, 2.45) is 5.41 Å². The van der Waals surface area contributed by atoms with E-state index in [-0.39, 0.29) is 18.6 Å². The number of aliphatic hydroxyl groups excluding tert-OH is 1. The molecule has 1 rings (SSSR count). The first-order valence-corrected chi connectivity index (χ1v) is 5.23. The van der Waals surface area contributed by atoms with Crippen LogP contribution < -0.4 is 0 Å². The van der Waals surface area contributed by atoms with Gasteiger partial charge in [-0.1, -0.05) is 0 Å². The van der Waals surface area contributed by atoms with Gasteiger partial charge >= 0.3 is 0 Å². The SMILES string of the molecule is CN(CC(F)F)CC1(CO)CCCOC1. The number of hydrogen-bond acceptors (Lipinski definition) is 3. The highest BCUT2D eigenvalue weighted by Crippen LogP contribution is 2.28. The van der Waals surface area contributed by atoms with Crippen LogP contribution in [0.15, 0.2) is 0 Å². The quantitative estimate of drug-likeness (QED) is 0.754. The van der Waals surface area contributed by atoms with Crippen molar-refractivity contribution < 1.29 is 18.6 Å². The molecule has 1 atom stereocenters. The Balaban J connectivity index is 2.43. The van der Waals surface area contributed by atoms with Gasteiger partial charge in [0, 0.05) is 18.6 Å². The van der Waals surface area contributed by atoms with Gasteiger partial charge in [-0.2, -0.15) is 0 Å². The van der Waals surface area contributed by atoms with Gasteiger partial charge in [-0.15, -0.1) is 0 Å². The average Bonchev–Trinajstić information content (AvgIpc) is 2.17. The second kappa shape index (κ2) is 5.72. The second-order valence-corrected chi connectivity index (χ2v) is 4.40. The zero-order chi connectivity index (χ0) is 11.3. The summed E-state index contributed by atoms with van der Waals surface area (Å²) in [4.78, 5) is 1.57. The number of hydrogen-bond donors (Lipinski definition) is 1. The van der Waals surface area contributed by atoms with Crippen LogP contribution in [0.2, 0.25) is 0 Å². The third kappa shape index (κ3) is 4.01. The number of nitrogens with zero attached hydrogens (tertiary/aromatic N) is 1. The lowest BCUT2D eigenvalue weighted by molar-refractivity contribution is -0.0572. The van der Waals surface area contributed by atoms with Crippen LogP contribution in [0.3, 0.4) is 0 Å². The maximum atomic E-state index is 12.1. The van der Waals surface area contributed by atoms with E-state index in [1.807, 2.05) is 0 Å². The molecule has 0 aromatic rings. The first-order valence-electron chi connectivity index (χ1n) is 5.23. The summed E-state index contributed by atoms with van der Waals surface area (Å²) in [7, 11) is 1.65. The average molecular weight is 223 g/mol. The van der Waals surface area contributed by atoms with Crippen molar-refractivity contribution in [1.82, 2.24) is 4.90 Å². The molecule has 0 aromatic heterocycles. The van der Waals surface area contributed by atoms with Crippen LogP contribution in [0.1, 0.15) is 12.8 Å². The van der Waals surface area contributed by atoms with E-state index in [0.717, 1.165) is 12.8 Å². The molecule has 1 N–H and O–H groups in total. The van der Waals surface area contributed by atoms with Crippen molar-refractivity contribution in [2.75, 3.05) is 40.0 Å². The lowest BCUT2D eigenvalue weighted by Crippen LogP contribution is -2.45. The van der Waals surface area contributed by atoms with Gasteiger partial charge in [0.1, 0.15) is 0 Å². The Labute approximate surface area is 89.0 Å². The minimum absolute atomic E-state index is 0.000574. The zero-order valence-corrected chi connectivity index (χ0v) is 9.09. The first kappa shape index (κ1) is 12.8. The summed E-state index contributed by atoms with van der Waals surface area (Å²) in [5.41, 5.74) is -0.345. The van der Waals surface area contributed by atoms with E-state index in [1.165, 1.54) is 0 Å². The van der Waals surface area contributed by atoms with Gasteiger partial charge in [0.05, 0.1) is 19.8 Å². The fourth-order valence-electron chi connectivity index (χ4n) is 2.08. The molecule has 0 amide bonds. The summed E-state index contributed by atoms with van der Waals surface area (Å²) in [6.07, 6.45) is -0.588. The van der Waals surface area contributed by atoms with Crippen molar-refractivity contribution in [2.45, 2.75) is 19.3 Å². The molecule has 1 heterocycles. The van der Waals surface area contributed by atoms with Gasteiger partial charge in [-0.3, -0.25) is 0 Å². The summed E-state index contributed by atoms with van der Waals surface area (Å²) < 4.78 is 29.6. The Morgan fingerprint density at radius 3 is 2.73 bits per heavy atom. The van der Waals surface area contributed by atoms with Crippen molar-refractivity contribution >= 4 is 0 Å². The Morgan fingerprint density at radius 1 is 1.53 bits per heavy atom. The monoisotopic (exact) mass is 223 g/mol. The highest BCUT2D eigenvalue weighted by atomic mass is 19.3. The summed E-state index contributed by atoms with van der Waals surface area (Å²) in [6.45, 7) is 1.40. The third-order valence-electron chi connectivity index (χ3n) is 2.79. The molecule has 1 fully saturated rings. The second-order valence-electron chi connectivity index (χ2n) is 4.40. The molecule has 5 heteroatoms. The summed E-state index contributed by atoms with van der Waals surface area (Å²) in [5.74, 6) is 0. The van der Waals surface area contributed by atoms with E-state index >= 15 is 0 Å². The number of rotatable bonds is 5. The zero-order valence-electron chi connectivity index (χ0n) is 9.09. The number of halogens is 2. The Hall–Kier alpha value is -0.260. The molecule has 0 bridgehead atoms. The molecule has 0 saturated carbocycles. The predicted octanol–water partition coefficient (Wildman–Crippen LogP) is 0.972. The Kier molecular flexibility index (Phi) is 4.89. The van der Waals surface area contributed by atoms with Crippen LogP contribution >= 0.6 is 0 Å². The van der Waals surface area contributed by atoms with E-state index in [1.54, 1.807) is 11.9 Å². The molecule has 0 aromatic carbocycles. The van der Waals surface area contributed by atoms with Crippen LogP contribution in [0.4, 0.5) is 8.78 Å². The van der Waals surface area contributed by atoms with Gasteiger partial charge in [0.2, 0.25) is 0 Å². The fourth-order valence-corrected chi connectivity index (χ4v) is 2.08. The van der Waals surface area contributed by atoms with Crippen LogP contribution in [0.25, 0.3) is 0 Å². The fraction of sp³-hybridized carbons (Fsp3) is 1.00. The molecular formula is C10H19F2NO2. The van der Waals surface area contributed by atoms with Crippen LogP contribution in [-0.4, -0.2) is 56.4 Å². The summed E-state index contributed by atoms with van der Waals surface area (Å²) >= 11 is 0. The molecule has 0 aliphatic carbocycles. The lowest BCUT2D eigenvalue weighted by Gasteiger charge is -2.38. The van der Waals surface area contributed by atoms with E-state index < -0.39 is 6.43 Å². The van der Waals surface area contributed by atoms with E-state index in [0.29, 0.717) is 19.8 Å². The summed E-state index contributed by atoms with van der Waals surface area (Å²) in [5, 5.41) is 9.33. The normalized spacial score (nSPS) is 27.6. The van der Waals surface area contributed by atoms with Crippen LogP contribution in [0.5, 0.6) is 0 Å². The van der Waals surface area contributed by atoms with Crippen LogP contribution in [0, 0.1) is 5.41 Å². The first-order chi connectivity index (χ1) is 7.08. The maximum absolute atomic E-state index is 12.1. The minimum Gasteiger partial charge on any atom is -0.396 e. The molecule has 15 heavy (non-hydrogen) atoms. The maximum Gasteiger partial charge on any atom is 0.251 e. The van der Waals surface area contributed by atoms with Crippen LogP contribution in [-0.2, 0) is 4.74 Å². The van der Waals surface area contributed by atoms with Crippen molar-refractivity contribution in [3.8, 4) is 0 Å². The lowest BCUT2D eigenvalue weighted by atomic mass is 9.83. The molecule has 0 spiro atoms. The van der Waals surface area contributed by atoms with E-state index in [9.17, 15) is 13.9 Å². The highest BCUT2D eigenvalue weighted by molar-refractivity contribution is 4.84. The van der Waals surface area contributed by atoms with Gasteiger partial charge in [-0.25, -0.2) is 8.78 Å². The van der Waals surface area contributed by atoms with E-state index in [2.05, 4.69) is 0 Å².